The number of nitrogens with zero attached hydrogens (tertiary/aromatic N) is 2. The number of nitrogens with two attached hydrogens (primary N) is 1. The molecule has 57 heavy (non-hydrogen) atoms. The first-order valence-corrected chi connectivity index (χ1v) is 21.0. The van der Waals surface area contributed by atoms with Gasteiger partial charge in [0.15, 0.2) is 28.7 Å². The van der Waals surface area contributed by atoms with Crippen LogP contribution >= 0.6 is 30.6 Å². The second kappa shape index (κ2) is 19.1. The van der Waals surface area contributed by atoms with Gasteiger partial charge in [-0.05, 0) is 61.7 Å². The Morgan fingerprint density at radius 1 is 1.09 bits per heavy atom. The van der Waals surface area contributed by atoms with Crippen LogP contribution in [0.15, 0.2) is 70.2 Å². The Morgan fingerprint density at radius 3 is 2.25 bits per heavy atom. The first kappa shape index (κ1) is 46.5. The fourth-order valence-corrected chi connectivity index (χ4v) is 6.70. The molecular formula is C34H33Cl2F3N3O13PS. The molecule has 23 heteroatoms. The van der Waals surface area contributed by atoms with Crippen molar-refractivity contribution in [3.8, 4) is 11.5 Å². The molecule has 0 radical (unpaired) electrons. The summed E-state index contributed by atoms with van der Waals surface area (Å²) in [6.07, 6.45) is -1.14. The third kappa shape index (κ3) is 13.6. The predicted molar refractivity (Wildman–Crippen MR) is 198 cm³/mol. The van der Waals surface area contributed by atoms with Gasteiger partial charge in [-0.2, -0.15) is 13.2 Å². The molecule has 2 unspecified atom stereocenters. The van der Waals surface area contributed by atoms with Crippen molar-refractivity contribution in [1.82, 2.24) is 5.16 Å². The van der Waals surface area contributed by atoms with Gasteiger partial charge in [0, 0.05) is 47.7 Å². The average Bonchev–Trinajstić information content (AvgIpc) is 3.85. The van der Waals surface area contributed by atoms with E-state index < -0.39 is 62.5 Å². The highest BCUT2D eigenvalue weighted by Crippen LogP contribution is 2.42. The molecule has 2 atom stereocenters. The third-order valence-corrected chi connectivity index (χ3v) is 10.4. The summed E-state index contributed by atoms with van der Waals surface area (Å²) in [5.74, 6) is -1.79. The summed E-state index contributed by atoms with van der Waals surface area (Å²) < 4.78 is 88.0. The molecule has 0 saturated heterocycles. The van der Waals surface area contributed by atoms with Crippen molar-refractivity contribution in [1.29, 1.82) is 0 Å². The molecular weight excluding hydrogens is 849 g/mol. The first-order valence-electron chi connectivity index (χ1n) is 16.0. The van der Waals surface area contributed by atoms with Gasteiger partial charge in [0.1, 0.15) is 23.1 Å². The van der Waals surface area contributed by atoms with E-state index in [0.29, 0.717) is 28.7 Å². The van der Waals surface area contributed by atoms with Gasteiger partial charge in [-0.1, -0.05) is 28.4 Å². The number of carboxylic acid groups (broad SMARTS) is 1. The Labute approximate surface area is 332 Å². The Balaban J connectivity index is 0.000000245. The molecule has 1 aliphatic carbocycles. The molecule has 308 valence electrons. The lowest BCUT2D eigenvalue weighted by atomic mass is 10.0. The first-order chi connectivity index (χ1) is 26.3. The molecule has 1 aromatic heterocycles. The molecule has 3 aromatic carbocycles. The zero-order chi connectivity index (χ0) is 43.0. The van der Waals surface area contributed by atoms with E-state index in [2.05, 4.69) is 9.89 Å². The van der Waals surface area contributed by atoms with E-state index >= 15 is 0 Å². The van der Waals surface area contributed by atoms with Crippen molar-refractivity contribution in [2.45, 2.75) is 42.3 Å². The highest BCUT2D eigenvalue weighted by Gasteiger charge is 2.36. The highest BCUT2D eigenvalue weighted by atomic mass is 35.5. The number of carbonyl (C=O) groups excluding carboxylic acids is 2. The maximum Gasteiger partial charge on any atom is 0.416 e. The van der Waals surface area contributed by atoms with Gasteiger partial charge < -0.3 is 29.7 Å². The van der Waals surface area contributed by atoms with Crippen molar-refractivity contribution in [2.75, 3.05) is 26.2 Å². The van der Waals surface area contributed by atoms with Gasteiger partial charge in [-0.25, -0.2) is 13.2 Å². The number of esters is 1. The van der Waals surface area contributed by atoms with Gasteiger partial charge >= 0.3 is 18.1 Å². The minimum atomic E-state index is -4.71. The summed E-state index contributed by atoms with van der Waals surface area (Å²) >= 11 is 11.8. The van der Waals surface area contributed by atoms with E-state index in [1.54, 1.807) is 12.1 Å². The van der Waals surface area contributed by atoms with Crippen molar-refractivity contribution in [3.05, 3.63) is 109 Å². The molecule has 0 aliphatic heterocycles. The topological polar surface area (TPSA) is 257 Å². The molecule has 0 amide bonds. The standard InChI is InChI=1S/C15H12F3NO4S.C14H9Cl2NO5.C5H12NO4P/c1-24(21,22)12-6-9(15(16,17)18)4-5-10(12)13(20)11-7-19-23-14(11)8-2-3-8;1-21-14(18)10-7-9(3-4-12(10)17(19)20)22-13-5-2-8(15)6-11(13)16;1-11(9,10)3-2-4(6)5(7)8/h4-8H,2-3H2,1H3;2-7H,1H3;4H,2-3,6H2,1H3,(H,7,8)(H,9,10). The number of carbonyl (C=O) groups is 3. The molecule has 4 N–H and O–H groups in total. The van der Waals surface area contributed by atoms with E-state index in [1.807, 2.05) is 0 Å². The number of carboxylic acids is 1. The highest BCUT2D eigenvalue weighted by molar-refractivity contribution is 7.90. The minimum absolute atomic E-state index is 0.0412. The largest absolute Gasteiger partial charge is 0.480 e. The predicted octanol–water partition coefficient (Wildman–Crippen LogP) is 7.37. The van der Waals surface area contributed by atoms with Crippen molar-refractivity contribution >= 4 is 63.8 Å². The maximum atomic E-state index is 12.8. The molecule has 1 heterocycles. The van der Waals surface area contributed by atoms with Crippen LogP contribution in [0, 0.1) is 10.1 Å². The molecule has 1 saturated carbocycles. The molecule has 0 bridgehead atoms. The fourth-order valence-electron chi connectivity index (χ4n) is 4.60. The van der Waals surface area contributed by atoms with Crippen molar-refractivity contribution < 1.29 is 69.5 Å². The van der Waals surface area contributed by atoms with E-state index in [-0.39, 0.29) is 51.7 Å². The van der Waals surface area contributed by atoms with Crippen molar-refractivity contribution in [2.24, 2.45) is 5.73 Å². The van der Waals surface area contributed by atoms with E-state index in [1.165, 1.54) is 31.1 Å². The number of hydrogen-bond donors (Lipinski definition) is 3. The number of aromatic nitrogens is 1. The number of ketones is 1. The fraction of sp³-hybridized carbons (Fsp3) is 0.294. The van der Waals surface area contributed by atoms with Crippen molar-refractivity contribution in [3.63, 3.8) is 0 Å². The number of sulfone groups is 1. The van der Waals surface area contributed by atoms with Crippen LogP contribution in [0.4, 0.5) is 18.9 Å². The average molecular weight is 883 g/mol. The number of aliphatic carboxylic acids is 1. The number of benzene rings is 3. The molecule has 0 spiro atoms. The van der Waals surface area contributed by atoms with Crippen LogP contribution in [-0.2, 0) is 30.1 Å². The normalized spacial score (nSPS) is 14.1. The van der Waals surface area contributed by atoms with Crippen LogP contribution in [0.25, 0.3) is 0 Å². The van der Waals surface area contributed by atoms with Crippen LogP contribution in [-0.4, -0.2) is 78.5 Å². The Hall–Kier alpha value is -4.85. The van der Waals surface area contributed by atoms with E-state index in [4.69, 9.17) is 48.2 Å². The maximum absolute atomic E-state index is 12.8. The summed E-state index contributed by atoms with van der Waals surface area (Å²) in [7, 11) is -6.01. The Bertz CT molecular complexity index is 2310. The minimum Gasteiger partial charge on any atom is -0.480 e. The molecule has 1 fully saturated rings. The lowest BCUT2D eigenvalue weighted by Gasteiger charge is -2.11. The van der Waals surface area contributed by atoms with Crippen LogP contribution < -0.4 is 10.5 Å². The number of nitro groups is 1. The lowest BCUT2D eigenvalue weighted by molar-refractivity contribution is -0.385. The number of rotatable bonds is 12. The van der Waals surface area contributed by atoms with E-state index in [0.717, 1.165) is 38.3 Å². The number of halogens is 5. The molecule has 16 nitrogen and oxygen atoms in total. The number of ether oxygens (including phenoxy) is 2. The molecule has 1 aliphatic rings. The zero-order valence-corrected chi connectivity index (χ0v) is 33.1. The zero-order valence-electron chi connectivity index (χ0n) is 29.9. The molecule has 5 rings (SSSR count). The summed E-state index contributed by atoms with van der Waals surface area (Å²) in [6.45, 7) is 1.18. The number of hydrogen-bond acceptors (Lipinski definition) is 13. The summed E-state index contributed by atoms with van der Waals surface area (Å²) in [5.41, 5.74) is 3.13. The quantitative estimate of drug-likeness (QED) is 0.0412. The number of nitro benzene ring substituents is 1. The van der Waals surface area contributed by atoms with Crippen LogP contribution in [0.3, 0.4) is 0 Å². The second-order valence-corrected chi connectivity index (χ2v) is 17.7. The summed E-state index contributed by atoms with van der Waals surface area (Å²) in [4.78, 5) is 52.7. The Kier molecular flexibility index (Phi) is 15.6. The second-order valence-electron chi connectivity index (χ2n) is 12.3. The van der Waals surface area contributed by atoms with E-state index in [9.17, 15) is 50.7 Å². The van der Waals surface area contributed by atoms with Crippen LogP contribution in [0.2, 0.25) is 10.0 Å². The smallest absolute Gasteiger partial charge is 0.416 e. The van der Waals surface area contributed by atoms with Gasteiger partial charge in [-0.15, -0.1) is 0 Å². The van der Waals surface area contributed by atoms with Gasteiger partial charge in [0.2, 0.25) is 0 Å². The number of alkyl halides is 3. The lowest BCUT2D eigenvalue weighted by Crippen LogP contribution is -2.30. The van der Waals surface area contributed by atoms with Crippen LogP contribution in [0.1, 0.15) is 62.8 Å². The number of methoxy groups -OCH3 is 1. The van der Waals surface area contributed by atoms with Gasteiger partial charge in [0.05, 0.1) is 39.3 Å². The van der Waals surface area contributed by atoms with Gasteiger partial charge in [-0.3, -0.25) is 24.3 Å². The summed E-state index contributed by atoms with van der Waals surface area (Å²) in [5, 5.41) is 23.5. The Morgan fingerprint density at radius 2 is 1.74 bits per heavy atom. The summed E-state index contributed by atoms with van der Waals surface area (Å²) in [6, 6.07) is 9.36. The monoisotopic (exact) mass is 881 g/mol. The molecule has 4 aromatic rings. The van der Waals surface area contributed by atoms with Gasteiger partial charge in [0.25, 0.3) is 5.69 Å². The van der Waals surface area contributed by atoms with Crippen LogP contribution in [0.5, 0.6) is 11.5 Å². The SMILES string of the molecule is COC(=O)c1cc(Oc2ccc(Cl)cc2Cl)ccc1[N+](=O)[O-].CP(=O)(O)CCC(N)C(=O)O.CS(=O)(=O)c1cc(C(F)(F)F)ccc1C(=O)c1cnoc1C1CC1. The third-order valence-electron chi connectivity index (χ3n) is 7.61.